The molecule has 0 aromatic heterocycles. The molecule has 1 rings (SSSR count). The lowest BCUT2D eigenvalue weighted by molar-refractivity contribution is 0.0915. The maximum Gasteiger partial charge on any atom is 0.253 e. The van der Waals surface area contributed by atoms with Crippen molar-refractivity contribution in [2.24, 2.45) is 0 Å². The molecule has 1 aromatic carbocycles. The van der Waals surface area contributed by atoms with Crippen LogP contribution in [-0.2, 0) is 0 Å². The monoisotopic (exact) mass is 273 g/mol. The zero-order valence-corrected chi connectivity index (χ0v) is 11.4. The molecule has 0 unspecified atom stereocenters. The first kappa shape index (κ1) is 14.4. The summed E-state index contributed by atoms with van der Waals surface area (Å²) in [6, 6.07) is 5.11. The number of hydrogen-bond donors (Lipinski definition) is 2. The van der Waals surface area contributed by atoms with E-state index in [9.17, 15) is 4.79 Å². The van der Waals surface area contributed by atoms with E-state index < -0.39 is 0 Å². The third-order valence-electron chi connectivity index (χ3n) is 2.47. The summed E-state index contributed by atoms with van der Waals surface area (Å²) in [4.78, 5) is 12.9. The Labute approximate surface area is 111 Å². The van der Waals surface area contributed by atoms with Crippen LogP contribution in [0.2, 0.25) is 5.02 Å². The van der Waals surface area contributed by atoms with E-state index in [4.69, 9.17) is 16.7 Å². The van der Waals surface area contributed by atoms with E-state index in [1.165, 1.54) is 0 Å². The summed E-state index contributed by atoms with van der Waals surface area (Å²) in [5.41, 5.74) is 0.449. The fourth-order valence-electron chi connectivity index (χ4n) is 1.35. The number of amides is 1. The highest BCUT2D eigenvalue weighted by Gasteiger charge is 2.14. The van der Waals surface area contributed by atoms with E-state index in [1.54, 1.807) is 23.9 Å². The highest BCUT2D eigenvalue weighted by molar-refractivity contribution is 7.98. The number of carbonyl (C=O) groups is 1. The SMILES string of the molecule is CC[C@H](CO)NC(=O)c1cc(SC)ccc1Cl. The van der Waals surface area contributed by atoms with Gasteiger partial charge in [0, 0.05) is 4.90 Å². The first-order valence-electron chi connectivity index (χ1n) is 5.37. The zero-order valence-electron chi connectivity index (χ0n) is 9.87. The summed E-state index contributed by atoms with van der Waals surface area (Å²) in [7, 11) is 0. The van der Waals surface area contributed by atoms with Gasteiger partial charge in [-0.15, -0.1) is 11.8 Å². The second-order valence-electron chi connectivity index (χ2n) is 3.61. The quantitative estimate of drug-likeness (QED) is 0.811. The van der Waals surface area contributed by atoms with Gasteiger partial charge in [0.1, 0.15) is 0 Å². The summed E-state index contributed by atoms with van der Waals surface area (Å²) >= 11 is 7.54. The molecule has 2 N–H and O–H groups in total. The lowest BCUT2D eigenvalue weighted by atomic mass is 10.1. The molecule has 0 saturated carbocycles. The van der Waals surface area contributed by atoms with Gasteiger partial charge in [0.15, 0.2) is 0 Å². The van der Waals surface area contributed by atoms with Gasteiger partial charge in [0.2, 0.25) is 0 Å². The highest BCUT2D eigenvalue weighted by Crippen LogP contribution is 2.23. The topological polar surface area (TPSA) is 49.3 Å². The van der Waals surface area contributed by atoms with Crippen LogP contribution in [0.25, 0.3) is 0 Å². The molecule has 0 aliphatic carbocycles. The number of halogens is 1. The Balaban J connectivity index is 2.87. The van der Waals surface area contributed by atoms with Crippen molar-refractivity contribution < 1.29 is 9.90 Å². The van der Waals surface area contributed by atoms with Gasteiger partial charge in [-0.3, -0.25) is 4.79 Å². The molecule has 0 spiro atoms. The molecule has 0 heterocycles. The van der Waals surface area contributed by atoms with E-state index in [-0.39, 0.29) is 18.6 Å². The Hall–Kier alpha value is -0.710. The first-order valence-corrected chi connectivity index (χ1v) is 6.97. The average Bonchev–Trinajstić information content (AvgIpc) is 2.36. The summed E-state index contributed by atoms with van der Waals surface area (Å²) in [6.07, 6.45) is 2.62. The lowest BCUT2D eigenvalue weighted by Crippen LogP contribution is -2.37. The standard InChI is InChI=1S/C12H16ClNO2S/c1-3-8(7-15)14-12(16)10-6-9(17-2)4-5-11(10)13/h4-6,8,15H,3,7H2,1-2H3,(H,14,16)/t8-/m1/s1. The molecule has 5 heteroatoms. The molecular weight excluding hydrogens is 258 g/mol. The van der Waals surface area contributed by atoms with Gasteiger partial charge >= 0.3 is 0 Å². The summed E-state index contributed by atoms with van der Waals surface area (Å²) in [6.45, 7) is 1.84. The number of nitrogens with one attached hydrogen (secondary N) is 1. The van der Waals surface area contributed by atoms with Crippen molar-refractivity contribution in [1.82, 2.24) is 5.32 Å². The van der Waals surface area contributed by atoms with Gasteiger partial charge in [0.25, 0.3) is 5.91 Å². The fraction of sp³-hybridized carbons (Fsp3) is 0.417. The number of aliphatic hydroxyl groups excluding tert-OH is 1. The van der Waals surface area contributed by atoms with Gasteiger partial charge in [-0.05, 0) is 30.9 Å². The maximum absolute atomic E-state index is 11.9. The molecule has 0 fully saturated rings. The van der Waals surface area contributed by atoms with Crippen LogP contribution in [0.1, 0.15) is 23.7 Å². The lowest BCUT2D eigenvalue weighted by Gasteiger charge is -2.14. The van der Waals surface area contributed by atoms with E-state index in [0.29, 0.717) is 17.0 Å². The largest absolute Gasteiger partial charge is 0.394 e. The van der Waals surface area contributed by atoms with Crippen molar-refractivity contribution in [3.63, 3.8) is 0 Å². The zero-order chi connectivity index (χ0) is 12.8. The Kier molecular flexibility index (Phi) is 5.82. The highest BCUT2D eigenvalue weighted by atomic mass is 35.5. The molecule has 17 heavy (non-hydrogen) atoms. The van der Waals surface area contributed by atoms with Crippen molar-refractivity contribution in [2.75, 3.05) is 12.9 Å². The van der Waals surface area contributed by atoms with E-state index in [1.807, 2.05) is 19.2 Å². The van der Waals surface area contributed by atoms with Crippen molar-refractivity contribution in [2.45, 2.75) is 24.3 Å². The number of carbonyl (C=O) groups excluding carboxylic acids is 1. The number of aliphatic hydroxyl groups is 1. The van der Waals surface area contributed by atoms with Gasteiger partial charge in [-0.2, -0.15) is 0 Å². The van der Waals surface area contributed by atoms with Gasteiger partial charge in [-0.1, -0.05) is 18.5 Å². The van der Waals surface area contributed by atoms with Crippen LogP contribution in [0.4, 0.5) is 0 Å². The maximum atomic E-state index is 11.9. The van der Waals surface area contributed by atoms with Crippen molar-refractivity contribution in [3.8, 4) is 0 Å². The van der Waals surface area contributed by atoms with Crippen molar-refractivity contribution >= 4 is 29.3 Å². The van der Waals surface area contributed by atoms with E-state index in [2.05, 4.69) is 5.32 Å². The van der Waals surface area contributed by atoms with Crippen LogP contribution in [-0.4, -0.2) is 29.9 Å². The van der Waals surface area contributed by atoms with Gasteiger partial charge < -0.3 is 10.4 Å². The molecule has 94 valence electrons. The minimum Gasteiger partial charge on any atom is -0.394 e. The second kappa shape index (κ2) is 6.89. The average molecular weight is 274 g/mol. The Morgan fingerprint density at radius 2 is 2.29 bits per heavy atom. The third-order valence-corrected chi connectivity index (χ3v) is 3.52. The molecule has 3 nitrogen and oxygen atoms in total. The van der Waals surface area contributed by atoms with Crippen molar-refractivity contribution in [1.29, 1.82) is 0 Å². The summed E-state index contributed by atoms with van der Waals surface area (Å²) < 4.78 is 0. The first-order chi connectivity index (χ1) is 8.12. The Bertz CT molecular complexity index is 394. The van der Waals surface area contributed by atoms with E-state index >= 15 is 0 Å². The van der Waals surface area contributed by atoms with Gasteiger partial charge in [-0.25, -0.2) is 0 Å². The summed E-state index contributed by atoms with van der Waals surface area (Å²) in [5.74, 6) is -0.244. The third kappa shape index (κ3) is 3.91. The Morgan fingerprint density at radius 1 is 1.59 bits per heavy atom. The predicted octanol–water partition coefficient (Wildman–Crippen LogP) is 2.56. The van der Waals surface area contributed by atoms with Crippen LogP contribution in [0.3, 0.4) is 0 Å². The minimum absolute atomic E-state index is 0.0674. The summed E-state index contributed by atoms with van der Waals surface area (Å²) in [5, 5.41) is 12.2. The fourth-order valence-corrected chi connectivity index (χ4v) is 1.99. The molecule has 0 bridgehead atoms. The number of benzene rings is 1. The second-order valence-corrected chi connectivity index (χ2v) is 4.89. The van der Waals surface area contributed by atoms with Crippen LogP contribution >= 0.6 is 23.4 Å². The number of thioether (sulfide) groups is 1. The predicted molar refractivity (Wildman–Crippen MR) is 71.9 cm³/mol. The van der Waals surface area contributed by atoms with Crippen LogP contribution in [0.15, 0.2) is 23.1 Å². The molecule has 0 aliphatic heterocycles. The van der Waals surface area contributed by atoms with Crippen LogP contribution in [0.5, 0.6) is 0 Å². The Morgan fingerprint density at radius 3 is 2.82 bits per heavy atom. The smallest absolute Gasteiger partial charge is 0.253 e. The molecule has 1 aromatic rings. The van der Waals surface area contributed by atoms with Crippen LogP contribution in [0, 0.1) is 0 Å². The molecule has 1 atom stereocenters. The normalized spacial score (nSPS) is 12.2. The molecule has 0 radical (unpaired) electrons. The molecular formula is C12H16ClNO2S. The minimum atomic E-state index is -0.244. The molecule has 0 aliphatic rings. The van der Waals surface area contributed by atoms with Gasteiger partial charge in [0.05, 0.1) is 23.2 Å². The van der Waals surface area contributed by atoms with Crippen molar-refractivity contribution in [3.05, 3.63) is 28.8 Å². The molecule has 0 saturated heterocycles. The number of rotatable bonds is 5. The van der Waals surface area contributed by atoms with E-state index in [0.717, 1.165) is 4.90 Å². The van der Waals surface area contributed by atoms with Crippen LogP contribution < -0.4 is 5.32 Å². The molecule has 1 amide bonds. The number of hydrogen-bond acceptors (Lipinski definition) is 3.